The molecule has 0 amide bonds. The van der Waals surface area contributed by atoms with E-state index in [1.54, 1.807) is 0 Å². The number of nitrogens with zero attached hydrogens (tertiary/aromatic N) is 2. The summed E-state index contributed by atoms with van der Waals surface area (Å²) < 4.78 is 2.25. The normalized spacial score (nSPS) is 14.2. The van der Waals surface area contributed by atoms with E-state index in [4.69, 9.17) is 4.98 Å². The van der Waals surface area contributed by atoms with Crippen LogP contribution in [0.5, 0.6) is 0 Å². The van der Waals surface area contributed by atoms with E-state index in [9.17, 15) is 0 Å². The molecule has 2 heteroatoms. The first kappa shape index (κ1) is 17.7. The topological polar surface area (TPSA) is 17.3 Å². The first-order valence-corrected chi connectivity index (χ1v) is 11.2. The van der Waals surface area contributed by atoms with E-state index in [-0.39, 0.29) is 5.41 Å². The van der Waals surface area contributed by atoms with Crippen LogP contribution in [0.1, 0.15) is 25.0 Å². The number of imidazole rings is 1. The van der Waals surface area contributed by atoms with Crippen LogP contribution in [0.25, 0.3) is 49.7 Å². The maximum atomic E-state index is 4.95. The highest BCUT2D eigenvalue weighted by molar-refractivity contribution is 6.06. The number of aromatic nitrogens is 2. The highest BCUT2D eigenvalue weighted by atomic mass is 15.0. The van der Waals surface area contributed by atoms with Gasteiger partial charge >= 0.3 is 0 Å². The Morgan fingerprint density at radius 3 is 2.28 bits per heavy atom. The van der Waals surface area contributed by atoms with Crippen molar-refractivity contribution in [3.63, 3.8) is 0 Å². The maximum Gasteiger partial charge on any atom is 0.145 e. The molecule has 6 aromatic rings. The van der Waals surface area contributed by atoms with Crippen molar-refractivity contribution in [2.45, 2.75) is 19.3 Å². The first-order valence-electron chi connectivity index (χ1n) is 11.2. The molecule has 0 N–H and O–H groups in total. The summed E-state index contributed by atoms with van der Waals surface area (Å²) in [7, 11) is 0. The van der Waals surface area contributed by atoms with Crippen molar-refractivity contribution in [1.82, 2.24) is 9.38 Å². The lowest BCUT2D eigenvalue weighted by Crippen LogP contribution is -2.14. The van der Waals surface area contributed by atoms with Gasteiger partial charge in [-0.25, -0.2) is 4.98 Å². The minimum absolute atomic E-state index is 0.0104. The molecule has 0 unspecified atom stereocenters. The predicted molar refractivity (Wildman–Crippen MR) is 133 cm³/mol. The number of hydrogen-bond donors (Lipinski definition) is 0. The molecule has 0 spiro atoms. The van der Waals surface area contributed by atoms with E-state index in [0.29, 0.717) is 0 Å². The molecule has 0 saturated heterocycles. The molecule has 2 nitrogen and oxygen atoms in total. The van der Waals surface area contributed by atoms with E-state index < -0.39 is 0 Å². The number of benzene rings is 4. The van der Waals surface area contributed by atoms with Gasteiger partial charge in [0.2, 0.25) is 0 Å². The first-order chi connectivity index (χ1) is 15.6. The molecular weight excluding hydrogens is 388 g/mol. The summed E-state index contributed by atoms with van der Waals surface area (Å²) in [5.41, 5.74) is 11.2. The third kappa shape index (κ3) is 2.22. The largest absolute Gasteiger partial charge is 0.298 e. The molecule has 2 heterocycles. The Balaban J connectivity index is 1.55. The fourth-order valence-electron chi connectivity index (χ4n) is 5.58. The zero-order valence-electron chi connectivity index (χ0n) is 18.1. The van der Waals surface area contributed by atoms with Crippen molar-refractivity contribution in [1.29, 1.82) is 0 Å². The van der Waals surface area contributed by atoms with Crippen molar-refractivity contribution >= 4 is 27.5 Å². The molecule has 2 aromatic heterocycles. The third-order valence-electron chi connectivity index (χ3n) is 7.21. The van der Waals surface area contributed by atoms with Gasteiger partial charge in [-0.2, -0.15) is 0 Å². The smallest absolute Gasteiger partial charge is 0.145 e. The molecular formula is C30H22N2. The summed E-state index contributed by atoms with van der Waals surface area (Å²) in [5.74, 6) is 0. The molecule has 4 aromatic carbocycles. The molecule has 0 radical (unpaired) electrons. The van der Waals surface area contributed by atoms with Crippen LogP contribution >= 0.6 is 0 Å². The quantitative estimate of drug-likeness (QED) is 0.273. The number of rotatable bonds is 1. The van der Waals surface area contributed by atoms with Gasteiger partial charge in [0.15, 0.2) is 0 Å². The zero-order chi connectivity index (χ0) is 21.4. The molecule has 1 aliphatic carbocycles. The Kier molecular flexibility index (Phi) is 3.37. The lowest BCUT2D eigenvalue weighted by atomic mass is 9.81. The lowest BCUT2D eigenvalue weighted by molar-refractivity contribution is 0.660. The molecule has 0 fully saturated rings. The minimum atomic E-state index is -0.0104. The third-order valence-corrected chi connectivity index (χ3v) is 7.21. The van der Waals surface area contributed by atoms with E-state index >= 15 is 0 Å². The van der Waals surface area contributed by atoms with E-state index in [2.05, 4.69) is 115 Å². The molecule has 152 valence electrons. The fourth-order valence-corrected chi connectivity index (χ4v) is 5.58. The number of fused-ring (bicyclic) bond motifs is 8. The molecule has 0 aliphatic heterocycles. The van der Waals surface area contributed by atoms with Crippen LogP contribution in [0, 0.1) is 0 Å². The average Bonchev–Trinajstić information content (AvgIpc) is 3.32. The Labute approximate surface area is 186 Å². The molecule has 32 heavy (non-hydrogen) atoms. The van der Waals surface area contributed by atoms with E-state index in [1.165, 1.54) is 44.2 Å². The van der Waals surface area contributed by atoms with Crippen molar-refractivity contribution in [3.8, 4) is 22.3 Å². The number of para-hydroxylation sites is 2. The van der Waals surface area contributed by atoms with Crippen molar-refractivity contribution in [2.24, 2.45) is 0 Å². The number of pyridine rings is 1. The van der Waals surface area contributed by atoms with Gasteiger partial charge in [0.1, 0.15) is 5.65 Å². The second-order valence-corrected chi connectivity index (χ2v) is 9.31. The second kappa shape index (κ2) is 6.08. The molecule has 0 atom stereocenters. The van der Waals surface area contributed by atoms with Crippen LogP contribution in [0.4, 0.5) is 0 Å². The standard InChI is InChI=1S/C30H22N2/c1-30(2)25-12-6-5-10-21(25)22-16-15-19(17-26(22)30)24-18-32-28-14-8-7-13-27(28)31-29(32)23-11-4-3-9-20(23)24/h3-18H,1-2H3. The van der Waals surface area contributed by atoms with Gasteiger partial charge in [-0.15, -0.1) is 0 Å². The van der Waals surface area contributed by atoms with Crippen LogP contribution in [0.2, 0.25) is 0 Å². The monoisotopic (exact) mass is 410 g/mol. The van der Waals surface area contributed by atoms with Gasteiger partial charge in [-0.3, -0.25) is 4.40 Å². The van der Waals surface area contributed by atoms with Gasteiger partial charge in [0, 0.05) is 22.6 Å². The zero-order valence-corrected chi connectivity index (χ0v) is 18.1. The van der Waals surface area contributed by atoms with E-state index in [1.807, 2.05) is 0 Å². The van der Waals surface area contributed by atoms with E-state index in [0.717, 1.165) is 16.7 Å². The van der Waals surface area contributed by atoms with Gasteiger partial charge in [0.05, 0.1) is 11.0 Å². The van der Waals surface area contributed by atoms with Gasteiger partial charge in [-0.05, 0) is 51.4 Å². The molecule has 1 aliphatic rings. The van der Waals surface area contributed by atoms with Gasteiger partial charge in [-0.1, -0.05) is 86.6 Å². The van der Waals surface area contributed by atoms with Crippen LogP contribution < -0.4 is 0 Å². The minimum Gasteiger partial charge on any atom is -0.298 e. The highest BCUT2D eigenvalue weighted by Crippen LogP contribution is 2.49. The summed E-state index contributed by atoms with van der Waals surface area (Å²) in [6.45, 7) is 4.68. The Hall–Kier alpha value is -3.91. The number of hydrogen-bond acceptors (Lipinski definition) is 1. The Morgan fingerprint density at radius 2 is 1.38 bits per heavy atom. The SMILES string of the molecule is CC1(C)c2ccccc2-c2ccc(-c3cn4c5ccccc5nc4c4ccccc34)cc21. The predicted octanol–water partition coefficient (Wildman–Crippen LogP) is 7.61. The Bertz CT molecular complexity index is 1700. The maximum absolute atomic E-state index is 4.95. The Morgan fingerprint density at radius 1 is 0.656 bits per heavy atom. The molecule has 7 rings (SSSR count). The lowest BCUT2D eigenvalue weighted by Gasteiger charge is -2.22. The highest BCUT2D eigenvalue weighted by Gasteiger charge is 2.35. The fraction of sp³-hybridized carbons (Fsp3) is 0.100. The summed E-state index contributed by atoms with van der Waals surface area (Å²) in [6, 6.07) is 32.8. The van der Waals surface area contributed by atoms with Crippen molar-refractivity contribution < 1.29 is 0 Å². The summed E-state index contributed by atoms with van der Waals surface area (Å²) in [5, 5.41) is 2.42. The summed E-state index contributed by atoms with van der Waals surface area (Å²) >= 11 is 0. The summed E-state index contributed by atoms with van der Waals surface area (Å²) in [6.07, 6.45) is 2.27. The molecule has 0 bridgehead atoms. The van der Waals surface area contributed by atoms with Crippen LogP contribution in [0.15, 0.2) is 97.2 Å². The summed E-state index contributed by atoms with van der Waals surface area (Å²) in [4.78, 5) is 4.95. The van der Waals surface area contributed by atoms with Crippen molar-refractivity contribution in [2.75, 3.05) is 0 Å². The van der Waals surface area contributed by atoms with Gasteiger partial charge < -0.3 is 0 Å². The second-order valence-electron chi connectivity index (χ2n) is 9.31. The molecule has 0 saturated carbocycles. The van der Waals surface area contributed by atoms with Crippen LogP contribution in [-0.2, 0) is 5.41 Å². The van der Waals surface area contributed by atoms with Crippen LogP contribution in [-0.4, -0.2) is 9.38 Å². The van der Waals surface area contributed by atoms with Gasteiger partial charge in [0.25, 0.3) is 0 Å². The van der Waals surface area contributed by atoms with Crippen LogP contribution in [0.3, 0.4) is 0 Å². The average molecular weight is 411 g/mol. The van der Waals surface area contributed by atoms with Crippen molar-refractivity contribution in [3.05, 3.63) is 108 Å².